The summed E-state index contributed by atoms with van der Waals surface area (Å²) in [5.41, 5.74) is 6.23. The van der Waals surface area contributed by atoms with Gasteiger partial charge in [-0.15, -0.1) is 0 Å². The van der Waals surface area contributed by atoms with Gasteiger partial charge in [0.2, 0.25) is 0 Å². The largest absolute Gasteiger partial charge is 0.506 e. The Kier molecular flexibility index (Phi) is 4.25. The summed E-state index contributed by atoms with van der Waals surface area (Å²) in [6.07, 6.45) is 3.57. The highest BCUT2D eigenvalue weighted by molar-refractivity contribution is 5.94. The lowest BCUT2D eigenvalue weighted by Gasteiger charge is -2.10. The number of phenolic OH excluding ortho intramolecular Hbond substituents is 1. The molecule has 2 N–H and O–H groups in total. The van der Waals surface area contributed by atoms with E-state index in [1.807, 2.05) is 72.4 Å². The van der Waals surface area contributed by atoms with E-state index in [9.17, 15) is 5.11 Å². The van der Waals surface area contributed by atoms with E-state index in [-0.39, 0.29) is 5.75 Å². The molecule has 0 radical (unpaired) electrons. The Labute approximate surface area is 174 Å². The van der Waals surface area contributed by atoms with Crippen LogP contribution in [0.3, 0.4) is 0 Å². The van der Waals surface area contributed by atoms with Gasteiger partial charge in [-0.1, -0.05) is 30.3 Å². The van der Waals surface area contributed by atoms with E-state index in [1.54, 1.807) is 17.0 Å². The van der Waals surface area contributed by atoms with E-state index in [2.05, 4.69) is 23.3 Å². The SMILES string of the molecule is Cc1cn(-c2ccc(Nc3cccc4c(C)n(-c5ccccc5)nc34)cc2O)cn1. The average Bonchev–Trinajstić information content (AvgIpc) is 3.33. The molecule has 0 aliphatic heterocycles. The third kappa shape index (κ3) is 3.08. The number of aryl methyl sites for hydroxylation is 2. The van der Waals surface area contributed by atoms with Gasteiger partial charge in [0.15, 0.2) is 0 Å². The molecule has 0 saturated carbocycles. The van der Waals surface area contributed by atoms with Crippen molar-refractivity contribution in [3.05, 3.63) is 90.6 Å². The van der Waals surface area contributed by atoms with Crippen LogP contribution in [0.1, 0.15) is 11.4 Å². The van der Waals surface area contributed by atoms with Gasteiger partial charge in [0.1, 0.15) is 11.3 Å². The Morgan fingerprint density at radius 2 is 1.77 bits per heavy atom. The van der Waals surface area contributed by atoms with Crippen molar-refractivity contribution in [1.82, 2.24) is 19.3 Å². The van der Waals surface area contributed by atoms with Crippen LogP contribution in [0.5, 0.6) is 5.75 Å². The molecular weight excluding hydrogens is 374 g/mol. The molecule has 0 bridgehead atoms. The summed E-state index contributed by atoms with van der Waals surface area (Å²) < 4.78 is 3.76. The van der Waals surface area contributed by atoms with Gasteiger partial charge < -0.3 is 15.0 Å². The van der Waals surface area contributed by atoms with Crippen LogP contribution in [0.25, 0.3) is 22.3 Å². The fraction of sp³-hybridized carbons (Fsp3) is 0.0833. The second-order valence-electron chi connectivity index (χ2n) is 7.29. The van der Waals surface area contributed by atoms with E-state index in [0.717, 1.165) is 39.4 Å². The maximum absolute atomic E-state index is 10.5. The minimum atomic E-state index is 0.176. The number of rotatable bonds is 4. The first-order chi connectivity index (χ1) is 14.6. The number of hydrogen-bond donors (Lipinski definition) is 2. The first-order valence-corrected chi connectivity index (χ1v) is 9.75. The number of aromatic nitrogens is 4. The van der Waals surface area contributed by atoms with Gasteiger partial charge in [0.05, 0.1) is 29.1 Å². The monoisotopic (exact) mass is 395 g/mol. The molecule has 0 fully saturated rings. The molecule has 2 aromatic heterocycles. The topological polar surface area (TPSA) is 67.9 Å². The summed E-state index contributed by atoms with van der Waals surface area (Å²) in [7, 11) is 0. The molecule has 0 spiro atoms. The zero-order valence-electron chi connectivity index (χ0n) is 16.7. The third-order valence-corrected chi connectivity index (χ3v) is 5.19. The van der Waals surface area contributed by atoms with Crippen molar-refractivity contribution in [1.29, 1.82) is 0 Å². The van der Waals surface area contributed by atoms with Crippen LogP contribution in [0.4, 0.5) is 11.4 Å². The summed E-state index contributed by atoms with van der Waals surface area (Å²) in [6, 6.07) is 21.7. The van der Waals surface area contributed by atoms with Crippen molar-refractivity contribution in [3.8, 4) is 17.1 Å². The number of nitrogens with one attached hydrogen (secondary N) is 1. The molecule has 3 aromatic carbocycles. The Morgan fingerprint density at radius 3 is 2.50 bits per heavy atom. The fourth-order valence-corrected chi connectivity index (χ4v) is 3.68. The van der Waals surface area contributed by atoms with Crippen LogP contribution < -0.4 is 5.32 Å². The summed E-state index contributed by atoms with van der Waals surface area (Å²) in [6.45, 7) is 3.99. The second-order valence-corrected chi connectivity index (χ2v) is 7.29. The molecule has 0 saturated heterocycles. The molecule has 0 aliphatic carbocycles. The quantitative estimate of drug-likeness (QED) is 0.435. The number of benzene rings is 3. The van der Waals surface area contributed by atoms with Gasteiger partial charge in [-0.2, -0.15) is 5.10 Å². The van der Waals surface area contributed by atoms with Crippen LogP contribution in [0, 0.1) is 13.8 Å². The lowest BCUT2D eigenvalue weighted by Crippen LogP contribution is -1.98. The van der Waals surface area contributed by atoms with Gasteiger partial charge in [-0.05, 0) is 44.2 Å². The van der Waals surface area contributed by atoms with Gasteiger partial charge >= 0.3 is 0 Å². The Balaban J connectivity index is 1.52. The molecule has 5 aromatic rings. The summed E-state index contributed by atoms with van der Waals surface area (Å²) in [4.78, 5) is 4.22. The lowest BCUT2D eigenvalue weighted by molar-refractivity contribution is 0.472. The van der Waals surface area contributed by atoms with Gasteiger partial charge in [0, 0.05) is 29.0 Å². The second kappa shape index (κ2) is 7.08. The average molecular weight is 395 g/mol. The molecular formula is C24H21N5O. The summed E-state index contributed by atoms with van der Waals surface area (Å²) in [5.74, 6) is 0.176. The molecule has 0 aliphatic rings. The number of anilines is 2. The Hall–Kier alpha value is -4.06. The van der Waals surface area contributed by atoms with Gasteiger partial charge in [-0.25, -0.2) is 9.67 Å². The normalized spacial score (nSPS) is 11.1. The van der Waals surface area contributed by atoms with E-state index in [1.165, 1.54) is 0 Å². The number of fused-ring (bicyclic) bond motifs is 1. The first-order valence-electron chi connectivity index (χ1n) is 9.75. The number of hydrogen-bond acceptors (Lipinski definition) is 4. The Bertz CT molecular complexity index is 1350. The number of nitrogens with zero attached hydrogens (tertiary/aromatic N) is 4. The van der Waals surface area contributed by atoms with E-state index < -0.39 is 0 Å². The van der Waals surface area contributed by atoms with Crippen LogP contribution in [-0.4, -0.2) is 24.4 Å². The molecule has 148 valence electrons. The zero-order valence-corrected chi connectivity index (χ0v) is 16.7. The molecule has 6 heteroatoms. The molecule has 2 heterocycles. The molecule has 6 nitrogen and oxygen atoms in total. The predicted octanol–water partition coefficient (Wildman–Crippen LogP) is 5.28. The van der Waals surface area contributed by atoms with Crippen molar-refractivity contribution in [2.24, 2.45) is 0 Å². The Morgan fingerprint density at radius 1 is 0.933 bits per heavy atom. The zero-order chi connectivity index (χ0) is 20.7. The van der Waals surface area contributed by atoms with Crippen molar-refractivity contribution in [3.63, 3.8) is 0 Å². The highest BCUT2D eigenvalue weighted by atomic mass is 16.3. The minimum absolute atomic E-state index is 0.176. The van der Waals surface area contributed by atoms with E-state index >= 15 is 0 Å². The van der Waals surface area contributed by atoms with Crippen molar-refractivity contribution in [2.45, 2.75) is 13.8 Å². The number of para-hydroxylation sites is 1. The minimum Gasteiger partial charge on any atom is -0.506 e. The van der Waals surface area contributed by atoms with E-state index in [4.69, 9.17) is 5.10 Å². The van der Waals surface area contributed by atoms with Crippen molar-refractivity contribution < 1.29 is 5.11 Å². The molecule has 0 amide bonds. The maximum atomic E-state index is 10.5. The van der Waals surface area contributed by atoms with Crippen molar-refractivity contribution in [2.75, 3.05) is 5.32 Å². The van der Waals surface area contributed by atoms with Crippen LogP contribution >= 0.6 is 0 Å². The highest BCUT2D eigenvalue weighted by Gasteiger charge is 2.13. The molecule has 5 rings (SSSR count). The summed E-state index contributed by atoms with van der Waals surface area (Å²) >= 11 is 0. The highest BCUT2D eigenvalue weighted by Crippen LogP contribution is 2.32. The summed E-state index contributed by atoms with van der Waals surface area (Å²) in [5, 5.41) is 19.9. The van der Waals surface area contributed by atoms with E-state index in [0.29, 0.717) is 5.69 Å². The molecule has 0 unspecified atom stereocenters. The van der Waals surface area contributed by atoms with Gasteiger partial charge in [-0.3, -0.25) is 0 Å². The van der Waals surface area contributed by atoms with Crippen molar-refractivity contribution >= 4 is 22.3 Å². The third-order valence-electron chi connectivity index (χ3n) is 5.19. The lowest BCUT2D eigenvalue weighted by atomic mass is 10.1. The van der Waals surface area contributed by atoms with Crippen LogP contribution in [-0.2, 0) is 0 Å². The van der Waals surface area contributed by atoms with Crippen LogP contribution in [0.2, 0.25) is 0 Å². The predicted molar refractivity (Wildman–Crippen MR) is 119 cm³/mol. The maximum Gasteiger partial charge on any atom is 0.141 e. The fourth-order valence-electron chi connectivity index (χ4n) is 3.68. The first kappa shape index (κ1) is 18.0. The molecule has 0 atom stereocenters. The number of aromatic hydroxyl groups is 1. The molecule has 30 heavy (non-hydrogen) atoms. The number of imidazole rings is 1. The van der Waals surface area contributed by atoms with Gasteiger partial charge in [0.25, 0.3) is 0 Å². The number of phenols is 1. The van der Waals surface area contributed by atoms with Crippen LogP contribution in [0.15, 0.2) is 79.3 Å². The smallest absolute Gasteiger partial charge is 0.141 e. The standard InChI is InChI=1S/C24H21N5O/c1-16-14-28(15-25-16)22-12-11-18(13-23(22)30)26-21-10-6-9-20-17(2)29(27-24(20)21)19-7-4-3-5-8-19/h3-15,26,30H,1-2H3.